The molecule has 1 rings (SSSR count). The van der Waals surface area contributed by atoms with Crippen molar-refractivity contribution in [2.45, 2.75) is 71.8 Å². The summed E-state index contributed by atoms with van der Waals surface area (Å²) in [6.45, 7) is 8.09. The maximum absolute atomic E-state index is 12.0. The third kappa shape index (κ3) is 2.73. The zero-order valence-corrected chi connectivity index (χ0v) is 10.6. The van der Waals surface area contributed by atoms with Crippen molar-refractivity contribution < 1.29 is 9.53 Å². The van der Waals surface area contributed by atoms with Gasteiger partial charge in [-0.05, 0) is 52.4 Å². The van der Waals surface area contributed by atoms with E-state index in [2.05, 4.69) is 6.92 Å². The lowest BCUT2D eigenvalue weighted by Crippen LogP contribution is -2.37. The van der Waals surface area contributed by atoms with Crippen LogP contribution in [-0.4, -0.2) is 11.6 Å². The van der Waals surface area contributed by atoms with Gasteiger partial charge in [0.15, 0.2) is 0 Å². The van der Waals surface area contributed by atoms with Crippen molar-refractivity contribution in [1.82, 2.24) is 0 Å². The number of carbonyl (C=O) groups excluding carboxylic acids is 1. The van der Waals surface area contributed by atoms with Crippen LogP contribution in [0.1, 0.15) is 66.2 Å². The molecule has 0 amide bonds. The summed E-state index contributed by atoms with van der Waals surface area (Å²) in [6.07, 6.45) is 6.30. The summed E-state index contributed by atoms with van der Waals surface area (Å²) < 4.78 is 5.76. The van der Waals surface area contributed by atoms with Gasteiger partial charge in [-0.15, -0.1) is 0 Å². The van der Waals surface area contributed by atoms with E-state index in [1.807, 2.05) is 20.8 Å². The summed E-state index contributed by atoms with van der Waals surface area (Å²) >= 11 is 0. The van der Waals surface area contributed by atoms with Crippen molar-refractivity contribution in [1.29, 1.82) is 0 Å². The fourth-order valence-electron chi connectivity index (χ4n) is 2.03. The van der Waals surface area contributed by atoms with Gasteiger partial charge in [0.1, 0.15) is 5.60 Å². The van der Waals surface area contributed by atoms with E-state index in [-0.39, 0.29) is 17.0 Å². The molecule has 0 aromatic heterocycles. The molecule has 15 heavy (non-hydrogen) atoms. The lowest BCUT2D eigenvalue weighted by Gasteiger charge is -2.32. The molecule has 0 aromatic carbocycles. The Morgan fingerprint density at radius 3 is 2.20 bits per heavy atom. The predicted molar refractivity (Wildman–Crippen MR) is 61.7 cm³/mol. The first-order valence-corrected chi connectivity index (χ1v) is 6.19. The van der Waals surface area contributed by atoms with Crippen molar-refractivity contribution in [3.05, 3.63) is 0 Å². The number of esters is 1. The molecule has 0 aliphatic heterocycles. The lowest BCUT2D eigenvalue weighted by atomic mass is 9.89. The Hall–Kier alpha value is -0.530. The third-order valence-corrected chi connectivity index (χ3v) is 3.90. The number of hydrogen-bond acceptors (Lipinski definition) is 2. The molecule has 0 unspecified atom stereocenters. The Morgan fingerprint density at radius 2 is 1.80 bits per heavy atom. The molecule has 88 valence electrons. The maximum Gasteiger partial charge on any atom is 0.312 e. The minimum Gasteiger partial charge on any atom is -0.459 e. The first-order chi connectivity index (χ1) is 6.96. The first-order valence-electron chi connectivity index (χ1n) is 6.19. The van der Waals surface area contributed by atoms with Crippen molar-refractivity contribution in [2.75, 3.05) is 0 Å². The fraction of sp³-hybridized carbons (Fsp3) is 0.923. The molecule has 0 spiro atoms. The van der Waals surface area contributed by atoms with E-state index in [9.17, 15) is 4.79 Å². The predicted octanol–water partition coefficient (Wildman–Crippen LogP) is 3.69. The van der Waals surface area contributed by atoms with E-state index in [0.29, 0.717) is 0 Å². The molecule has 0 heterocycles. The van der Waals surface area contributed by atoms with Gasteiger partial charge in [0.25, 0.3) is 0 Å². The summed E-state index contributed by atoms with van der Waals surface area (Å²) in [4.78, 5) is 12.0. The molecule has 1 aliphatic carbocycles. The molecular weight excluding hydrogens is 188 g/mol. The largest absolute Gasteiger partial charge is 0.459 e. The Kier molecular flexibility index (Phi) is 3.80. The van der Waals surface area contributed by atoms with Gasteiger partial charge in [0, 0.05) is 0 Å². The third-order valence-electron chi connectivity index (χ3n) is 3.90. The second kappa shape index (κ2) is 4.54. The highest BCUT2D eigenvalue weighted by Gasteiger charge is 2.39. The molecule has 1 fully saturated rings. The molecule has 0 saturated heterocycles. The summed E-state index contributed by atoms with van der Waals surface area (Å²) in [5.41, 5.74) is -0.464. The van der Waals surface area contributed by atoms with Crippen molar-refractivity contribution in [3.8, 4) is 0 Å². The van der Waals surface area contributed by atoms with Crippen molar-refractivity contribution in [2.24, 2.45) is 5.41 Å². The van der Waals surface area contributed by atoms with Gasteiger partial charge in [-0.3, -0.25) is 4.79 Å². The standard InChI is InChI=1S/C13H24O2/c1-5-12(3,4)11(14)15-13(6-2)9-7-8-10-13/h5-10H2,1-4H3. The van der Waals surface area contributed by atoms with Crippen LogP contribution in [0.2, 0.25) is 0 Å². The second-order valence-electron chi connectivity index (χ2n) is 5.37. The number of rotatable bonds is 4. The summed E-state index contributed by atoms with van der Waals surface area (Å²) in [5.74, 6) is -0.0197. The highest BCUT2D eigenvalue weighted by atomic mass is 16.6. The molecular formula is C13H24O2. The number of ether oxygens (including phenoxy) is 1. The van der Waals surface area contributed by atoms with Crippen molar-refractivity contribution in [3.63, 3.8) is 0 Å². The van der Waals surface area contributed by atoms with Crippen molar-refractivity contribution >= 4 is 5.97 Å². The SMILES string of the molecule is CCC1(OC(=O)C(C)(C)CC)CCCC1. The van der Waals surface area contributed by atoms with E-state index >= 15 is 0 Å². The van der Waals surface area contributed by atoms with Gasteiger partial charge in [-0.2, -0.15) is 0 Å². The molecule has 2 heteroatoms. The van der Waals surface area contributed by atoms with Crippen LogP contribution in [0.3, 0.4) is 0 Å². The Bertz CT molecular complexity index is 225. The van der Waals surface area contributed by atoms with E-state index < -0.39 is 0 Å². The molecule has 0 bridgehead atoms. The van der Waals surface area contributed by atoms with E-state index in [1.54, 1.807) is 0 Å². The van der Waals surface area contributed by atoms with Crippen LogP contribution in [0.15, 0.2) is 0 Å². The molecule has 2 nitrogen and oxygen atoms in total. The van der Waals surface area contributed by atoms with Crippen LogP contribution >= 0.6 is 0 Å². The van der Waals surface area contributed by atoms with Gasteiger partial charge in [-0.1, -0.05) is 13.8 Å². The quantitative estimate of drug-likeness (QED) is 0.664. The number of hydrogen-bond donors (Lipinski definition) is 0. The average Bonchev–Trinajstić information content (AvgIpc) is 2.67. The van der Waals surface area contributed by atoms with E-state index in [0.717, 1.165) is 25.7 Å². The monoisotopic (exact) mass is 212 g/mol. The molecule has 0 N–H and O–H groups in total. The minimum atomic E-state index is -0.329. The Labute approximate surface area is 93.4 Å². The average molecular weight is 212 g/mol. The minimum absolute atomic E-state index is 0.0197. The lowest BCUT2D eigenvalue weighted by molar-refractivity contribution is -0.170. The molecule has 1 saturated carbocycles. The summed E-state index contributed by atoms with van der Waals surface area (Å²) in [7, 11) is 0. The number of carbonyl (C=O) groups is 1. The normalized spacial score (nSPS) is 20.3. The zero-order chi connectivity index (χ0) is 11.5. The maximum atomic E-state index is 12.0. The molecule has 0 radical (unpaired) electrons. The molecule has 0 atom stereocenters. The van der Waals surface area contributed by atoms with E-state index in [1.165, 1.54) is 12.8 Å². The Morgan fingerprint density at radius 1 is 1.27 bits per heavy atom. The van der Waals surface area contributed by atoms with Gasteiger partial charge < -0.3 is 4.74 Å². The summed E-state index contributed by atoms with van der Waals surface area (Å²) in [6, 6.07) is 0. The van der Waals surface area contributed by atoms with Crippen LogP contribution < -0.4 is 0 Å². The van der Waals surface area contributed by atoms with Gasteiger partial charge in [-0.25, -0.2) is 0 Å². The highest BCUT2D eigenvalue weighted by Crippen LogP contribution is 2.38. The fourth-order valence-corrected chi connectivity index (χ4v) is 2.03. The molecule has 1 aliphatic rings. The molecule has 0 aromatic rings. The van der Waals surface area contributed by atoms with Crippen LogP contribution in [0.4, 0.5) is 0 Å². The van der Waals surface area contributed by atoms with Gasteiger partial charge in [0.05, 0.1) is 5.41 Å². The zero-order valence-electron chi connectivity index (χ0n) is 10.6. The first kappa shape index (κ1) is 12.5. The van der Waals surface area contributed by atoms with E-state index in [4.69, 9.17) is 4.74 Å². The topological polar surface area (TPSA) is 26.3 Å². The van der Waals surface area contributed by atoms with Crippen LogP contribution in [0.5, 0.6) is 0 Å². The second-order valence-corrected chi connectivity index (χ2v) is 5.37. The summed E-state index contributed by atoms with van der Waals surface area (Å²) in [5, 5.41) is 0. The van der Waals surface area contributed by atoms with Gasteiger partial charge >= 0.3 is 5.97 Å². The smallest absolute Gasteiger partial charge is 0.312 e. The highest BCUT2D eigenvalue weighted by molar-refractivity contribution is 5.76. The Balaban J connectivity index is 2.63. The van der Waals surface area contributed by atoms with Crippen LogP contribution in [0, 0.1) is 5.41 Å². The van der Waals surface area contributed by atoms with Crippen LogP contribution in [-0.2, 0) is 9.53 Å². The van der Waals surface area contributed by atoms with Gasteiger partial charge in [0.2, 0.25) is 0 Å². The van der Waals surface area contributed by atoms with Crippen LogP contribution in [0.25, 0.3) is 0 Å².